The molecule has 1 aromatic carbocycles. The van der Waals surface area contributed by atoms with Crippen LogP contribution < -0.4 is 10.1 Å². The summed E-state index contributed by atoms with van der Waals surface area (Å²) < 4.78 is 5.11. The van der Waals surface area contributed by atoms with Crippen molar-refractivity contribution >= 4 is 11.6 Å². The standard InChI is InChI=1S/C14H20N2O3/c1-19-13-4-2-3-12(7-13)15-14(18)9-16-6-5-11(8-16)10-17/h2-4,7,11,17H,5-6,8-10H2,1H3,(H,15,18). The first kappa shape index (κ1) is 13.8. The van der Waals surface area contributed by atoms with Crippen molar-refractivity contribution < 1.29 is 14.6 Å². The van der Waals surface area contributed by atoms with E-state index in [1.165, 1.54) is 0 Å². The molecule has 2 rings (SSSR count). The maximum atomic E-state index is 11.9. The van der Waals surface area contributed by atoms with E-state index >= 15 is 0 Å². The van der Waals surface area contributed by atoms with Crippen molar-refractivity contribution in [3.63, 3.8) is 0 Å². The molecule has 19 heavy (non-hydrogen) atoms. The van der Waals surface area contributed by atoms with Crippen molar-refractivity contribution in [1.29, 1.82) is 0 Å². The van der Waals surface area contributed by atoms with Gasteiger partial charge in [-0.25, -0.2) is 0 Å². The van der Waals surface area contributed by atoms with E-state index in [2.05, 4.69) is 10.2 Å². The number of likely N-dealkylation sites (tertiary alicyclic amines) is 1. The number of carbonyl (C=O) groups is 1. The number of ether oxygens (including phenoxy) is 1. The Morgan fingerprint density at radius 3 is 3.11 bits per heavy atom. The van der Waals surface area contributed by atoms with Crippen molar-refractivity contribution in [1.82, 2.24) is 4.90 Å². The Kier molecular flexibility index (Phi) is 4.76. The molecule has 1 atom stereocenters. The van der Waals surface area contributed by atoms with Gasteiger partial charge in [-0.05, 0) is 31.0 Å². The molecule has 0 bridgehead atoms. The maximum Gasteiger partial charge on any atom is 0.238 e. The zero-order valence-corrected chi connectivity index (χ0v) is 11.1. The van der Waals surface area contributed by atoms with E-state index in [4.69, 9.17) is 9.84 Å². The lowest BCUT2D eigenvalue weighted by Gasteiger charge is -2.15. The third-order valence-corrected chi connectivity index (χ3v) is 3.35. The molecule has 1 aliphatic heterocycles. The Labute approximate surface area is 113 Å². The summed E-state index contributed by atoms with van der Waals surface area (Å²) in [5, 5.41) is 11.9. The fourth-order valence-electron chi connectivity index (χ4n) is 2.31. The van der Waals surface area contributed by atoms with Crippen molar-refractivity contribution in [2.24, 2.45) is 5.92 Å². The van der Waals surface area contributed by atoms with Crippen molar-refractivity contribution in [2.75, 3.05) is 38.7 Å². The van der Waals surface area contributed by atoms with Gasteiger partial charge in [-0.1, -0.05) is 6.07 Å². The molecule has 0 radical (unpaired) electrons. The zero-order chi connectivity index (χ0) is 13.7. The maximum absolute atomic E-state index is 11.9. The molecule has 1 heterocycles. The Balaban J connectivity index is 1.84. The molecule has 2 N–H and O–H groups in total. The third kappa shape index (κ3) is 3.94. The van der Waals surface area contributed by atoms with Crippen LogP contribution in [-0.2, 0) is 4.79 Å². The lowest BCUT2D eigenvalue weighted by atomic mass is 10.1. The van der Waals surface area contributed by atoms with Crippen LogP contribution in [0.1, 0.15) is 6.42 Å². The summed E-state index contributed by atoms with van der Waals surface area (Å²) in [6.07, 6.45) is 0.961. The van der Waals surface area contributed by atoms with Gasteiger partial charge in [0.2, 0.25) is 5.91 Å². The number of nitrogens with one attached hydrogen (secondary N) is 1. The SMILES string of the molecule is COc1cccc(NC(=O)CN2CCC(CO)C2)c1. The minimum Gasteiger partial charge on any atom is -0.497 e. The molecule has 5 heteroatoms. The summed E-state index contributed by atoms with van der Waals surface area (Å²) in [5.74, 6) is 0.996. The predicted octanol–water partition coefficient (Wildman–Crippen LogP) is 0.948. The van der Waals surface area contributed by atoms with Crippen LogP contribution in [0.4, 0.5) is 5.69 Å². The Bertz CT molecular complexity index is 436. The zero-order valence-electron chi connectivity index (χ0n) is 11.1. The van der Waals surface area contributed by atoms with E-state index in [0.29, 0.717) is 12.5 Å². The van der Waals surface area contributed by atoms with E-state index in [-0.39, 0.29) is 12.5 Å². The number of hydrogen-bond donors (Lipinski definition) is 2. The fraction of sp³-hybridized carbons (Fsp3) is 0.500. The number of hydrogen-bond acceptors (Lipinski definition) is 4. The Hall–Kier alpha value is -1.59. The van der Waals surface area contributed by atoms with Crippen molar-refractivity contribution in [3.8, 4) is 5.75 Å². The molecule has 1 unspecified atom stereocenters. The summed E-state index contributed by atoms with van der Waals surface area (Å²) in [5.41, 5.74) is 0.738. The molecule has 0 spiro atoms. The van der Waals surface area contributed by atoms with Gasteiger partial charge in [-0.3, -0.25) is 9.69 Å². The molecular weight excluding hydrogens is 244 g/mol. The minimum absolute atomic E-state index is 0.0353. The number of nitrogens with zero attached hydrogens (tertiary/aromatic N) is 1. The molecule has 0 aromatic heterocycles. The van der Waals surface area contributed by atoms with Gasteiger partial charge in [-0.2, -0.15) is 0 Å². The largest absolute Gasteiger partial charge is 0.497 e. The van der Waals surface area contributed by atoms with Gasteiger partial charge in [-0.15, -0.1) is 0 Å². The van der Waals surface area contributed by atoms with Crippen molar-refractivity contribution in [3.05, 3.63) is 24.3 Å². The normalized spacial score (nSPS) is 19.4. The highest BCUT2D eigenvalue weighted by molar-refractivity contribution is 5.92. The summed E-state index contributed by atoms with van der Waals surface area (Å²) in [6, 6.07) is 7.30. The highest BCUT2D eigenvalue weighted by Gasteiger charge is 2.23. The van der Waals surface area contributed by atoms with Crippen LogP contribution in [0.3, 0.4) is 0 Å². The van der Waals surface area contributed by atoms with E-state index in [0.717, 1.165) is 30.9 Å². The number of aliphatic hydroxyl groups excluding tert-OH is 1. The van der Waals surface area contributed by atoms with Gasteiger partial charge in [0.05, 0.1) is 13.7 Å². The van der Waals surface area contributed by atoms with Gasteiger partial charge in [0.15, 0.2) is 0 Å². The predicted molar refractivity (Wildman–Crippen MR) is 73.3 cm³/mol. The molecular formula is C14H20N2O3. The summed E-state index contributed by atoms with van der Waals surface area (Å²) in [4.78, 5) is 14.0. The lowest BCUT2D eigenvalue weighted by Crippen LogP contribution is -2.31. The average Bonchev–Trinajstić information content (AvgIpc) is 2.86. The summed E-state index contributed by atoms with van der Waals surface area (Å²) >= 11 is 0. The minimum atomic E-state index is -0.0353. The summed E-state index contributed by atoms with van der Waals surface area (Å²) in [6.45, 7) is 2.24. The second-order valence-electron chi connectivity index (χ2n) is 4.85. The smallest absolute Gasteiger partial charge is 0.238 e. The van der Waals surface area contributed by atoms with Gasteiger partial charge >= 0.3 is 0 Å². The van der Waals surface area contributed by atoms with Crippen LogP contribution in [0, 0.1) is 5.92 Å². The molecule has 0 aliphatic carbocycles. The van der Waals surface area contributed by atoms with Crippen LogP contribution >= 0.6 is 0 Å². The summed E-state index contributed by atoms with van der Waals surface area (Å²) in [7, 11) is 1.60. The second kappa shape index (κ2) is 6.54. The van der Waals surface area contributed by atoms with Gasteiger partial charge in [0.1, 0.15) is 5.75 Å². The van der Waals surface area contributed by atoms with E-state index in [1.807, 2.05) is 18.2 Å². The third-order valence-electron chi connectivity index (χ3n) is 3.35. The number of amides is 1. The van der Waals surface area contributed by atoms with Gasteiger partial charge < -0.3 is 15.2 Å². The monoisotopic (exact) mass is 264 g/mol. The van der Waals surface area contributed by atoms with Crippen LogP contribution in [0.5, 0.6) is 5.75 Å². The molecule has 1 aliphatic rings. The van der Waals surface area contributed by atoms with Crippen LogP contribution in [0.25, 0.3) is 0 Å². The average molecular weight is 264 g/mol. The molecule has 1 saturated heterocycles. The van der Waals surface area contributed by atoms with Crippen molar-refractivity contribution in [2.45, 2.75) is 6.42 Å². The second-order valence-corrected chi connectivity index (χ2v) is 4.85. The van der Waals surface area contributed by atoms with Crippen LogP contribution in [0.2, 0.25) is 0 Å². The number of anilines is 1. The number of methoxy groups -OCH3 is 1. The highest BCUT2D eigenvalue weighted by Crippen LogP contribution is 2.18. The number of rotatable bonds is 5. The molecule has 0 saturated carbocycles. The van der Waals surface area contributed by atoms with Gasteiger partial charge in [0, 0.05) is 24.9 Å². The first-order valence-electron chi connectivity index (χ1n) is 6.48. The molecule has 1 amide bonds. The first-order valence-corrected chi connectivity index (χ1v) is 6.48. The van der Waals surface area contributed by atoms with E-state index in [9.17, 15) is 4.79 Å². The highest BCUT2D eigenvalue weighted by atomic mass is 16.5. The topological polar surface area (TPSA) is 61.8 Å². The quantitative estimate of drug-likeness (QED) is 0.831. The Morgan fingerprint density at radius 1 is 1.58 bits per heavy atom. The number of carbonyl (C=O) groups excluding carboxylic acids is 1. The number of benzene rings is 1. The molecule has 5 nitrogen and oxygen atoms in total. The van der Waals surface area contributed by atoms with E-state index in [1.54, 1.807) is 13.2 Å². The lowest BCUT2D eigenvalue weighted by molar-refractivity contribution is -0.117. The molecule has 104 valence electrons. The van der Waals surface area contributed by atoms with Gasteiger partial charge in [0.25, 0.3) is 0 Å². The van der Waals surface area contributed by atoms with Crippen LogP contribution in [0.15, 0.2) is 24.3 Å². The first-order chi connectivity index (χ1) is 9.21. The number of aliphatic hydroxyl groups is 1. The Morgan fingerprint density at radius 2 is 2.42 bits per heavy atom. The van der Waals surface area contributed by atoms with Crippen LogP contribution in [-0.4, -0.2) is 49.3 Å². The fourth-order valence-corrected chi connectivity index (χ4v) is 2.31. The molecule has 1 aromatic rings. The van der Waals surface area contributed by atoms with E-state index < -0.39 is 0 Å². The molecule has 1 fully saturated rings.